The van der Waals surface area contributed by atoms with Gasteiger partial charge in [0.1, 0.15) is 17.2 Å². The van der Waals surface area contributed by atoms with Crippen molar-refractivity contribution in [1.29, 1.82) is 0 Å². The van der Waals surface area contributed by atoms with E-state index in [4.69, 9.17) is 0 Å². The van der Waals surface area contributed by atoms with E-state index in [0.717, 1.165) is 51.8 Å². The molecule has 0 atom stereocenters. The summed E-state index contributed by atoms with van der Waals surface area (Å²) in [6, 6.07) is 15.6. The fourth-order valence-electron chi connectivity index (χ4n) is 4.06. The minimum absolute atomic E-state index is 0.270. The van der Waals surface area contributed by atoms with E-state index in [9.17, 15) is 15.3 Å². The fourth-order valence-corrected chi connectivity index (χ4v) is 4.06. The summed E-state index contributed by atoms with van der Waals surface area (Å²) in [7, 11) is 0. The van der Waals surface area contributed by atoms with Crippen molar-refractivity contribution in [3.05, 3.63) is 87.5 Å². The van der Waals surface area contributed by atoms with Crippen molar-refractivity contribution >= 4 is 0 Å². The predicted molar refractivity (Wildman–Crippen MR) is 118 cm³/mol. The molecule has 0 aliphatic heterocycles. The van der Waals surface area contributed by atoms with Gasteiger partial charge in [-0.1, -0.05) is 43.3 Å². The number of phenols is 3. The maximum absolute atomic E-state index is 10.3. The van der Waals surface area contributed by atoms with Crippen LogP contribution in [0.15, 0.2) is 48.5 Å². The molecule has 3 heteroatoms. The summed E-state index contributed by atoms with van der Waals surface area (Å²) in [5.74, 6) is 0.950. The number of phenolic OH excluding ortho intramolecular Hbond substituents is 3. The van der Waals surface area contributed by atoms with Gasteiger partial charge in [0.2, 0.25) is 0 Å². The molecule has 0 heterocycles. The minimum atomic E-state index is -0.301. The normalized spacial score (nSPS) is 11.6. The molecule has 0 amide bonds. The number of hydrogen-bond donors (Lipinski definition) is 3. The van der Waals surface area contributed by atoms with E-state index in [1.807, 2.05) is 39.8 Å². The van der Waals surface area contributed by atoms with Gasteiger partial charge in [0.25, 0.3) is 0 Å². The molecule has 0 aliphatic rings. The lowest BCUT2D eigenvalue weighted by Crippen LogP contribution is -2.25. The van der Waals surface area contributed by atoms with Crippen LogP contribution >= 0.6 is 0 Å². The van der Waals surface area contributed by atoms with Gasteiger partial charge in [-0.15, -0.1) is 0 Å². The van der Waals surface area contributed by atoms with Crippen LogP contribution in [-0.2, 0) is 11.8 Å². The zero-order valence-electron chi connectivity index (χ0n) is 17.9. The number of aromatic hydroxyl groups is 3. The van der Waals surface area contributed by atoms with Crippen LogP contribution in [0.2, 0.25) is 0 Å². The third kappa shape index (κ3) is 4.09. The average Bonchev–Trinajstić information content (AvgIpc) is 2.68. The molecule has 29 heavy (non-hydrogen) atoms. The average molecular weight is 391 g/mol. The first-order chi connectivity index (χ1) is 13.6. The van der Waals surface area contributed by atoms with Gasteiger partial charge >= 0.3 is 0 Å². The van der Waals surface area contributed by atoms with Crippen LogP contribution in [0.5, 0.6) is 17.2 Å². The molecule has 0 spiro atoms. The first-order valence-corrected chi connectivity index (χ1v) is 10.0. The molecule has 3 rings (SSSR count). The van der Waals surface area contributed by atoms with Crippen LogP contribution in [0.1, 0.15) is 52.3 Å². The standard InChI is InChI=1S/C26H30O3/c1-16-12-21(13-17(2)24(16)28)26(5,11-10-20-6-8-23(27)9-7-20)22-14-18(3)25(29)19(4)15-22/h6-9,12-15,27-29H,10-11H2,1-5H3. The van der Waals surface area contributed by atoms with Crippen molar-refractivity contribution in [1.82, 2.24) is 0 Å². The van der Waals surface area contributed by atoms with E-state index in [2.05, 4.69) is 31.2 Å². The summed E-state index contributed by atoms with van der Waals surface area (Å²) in [5.41, 5.74) is 6.61. The van der Waals surface area contributed by atoms with E-state index in [1.54, 1.807) is 12.1 Å². The highest BCUT2D eigenvalue weighted by Gasteiger charge is 2.30. The van der Waals surface area contributed by atoms with Gasteiger partial charge < -0.3 is 15.3 Å². The Kier molecular flexibility index (Phi) is 5.61. The largest absolute Gasteiger partial charge is 0.508 e. The van der Waals surface area contributed by atoms with Crippen LogP contribution in [0.4, 0.5) is 0 Å². The van der Waals surface area contributed by atoms with Crippen molar-refractivity contribution in [2.24, 2.45) is 0 Å². The molecular weight excluding hydrogens is 360 g/mol. The molecule has 0 fully saturated rings. The van der Waals surface area contributed by atoms with Crippen LogP contribution < -0.4 is 0 Å². The molecule has 3 N–H and O–H groups in total. The van der Waals surface area contributed by atoms with Gasteiger partial charge in [-0.3, -0.25) is 0 Å². The highest BCUT2D eigenvalue weighted by molar-refractivity contribution is 5.51. The number of hydrogen-bond acceptors (Lipinski definition) is 3. The molecular formula is C26H30O3. The molecule has 0 radical (unpaired) electrons. The summed E-state index contributed by atoms with van der Waals surface area (Å²) in [6.07, 6.45) is 1.69. The summed E-state index contributed by atoms with van der Waals surface area (Å²) in [6.45, 7) is 9.95. The van der Waals surface area contributed by atoms with Crippen molar-refractivity contribution < 1.29 is 15.3 Å². The molecule has 152 valence electrons. The maximum Gasteiger partial charge on any atom is 0.121 e. The molecule has 3 aromatic carbocycles. The second-order valence-corrected chi connectivity index (χ2v) is 8.42. The Balaban J connectivity index is 2.11. The Bertz CT molecular complexity index is 929. The Labute approximate surface area is 173 Å². The molecule has 3 nitrogen and oxygen atoms in total. The Morgan fingerprint density at radius 1 is 0.655 bits per heavy atom. The lowest BCUT2D eigenvalue weighted by atomic mass is 9.71. The van der Waals surface area contributed by atoms with Crippen LogP contribution in [0.25, 0.3) is 0 Å². The van der Waals surface area contributed by atoms with Crippen LogP contribution in [-0.4, -0.2) is 15.3 Å². The van der Waals surface area contributed by atoms with Gasteiger partial charge in [0.15, 0.2) is 0 Å². The third-order valence-corrected chi connectivity index (χ3v) is 6.11. The summed E-state index contributed by atoms with van der Waals surface area (Å²) in [4.78, 5) is 0. The smallest absolute Gasteiger partial charge is 0.121 e. The van der Waals surface area contributed by atoms with E-state index in [1.165, 1.54) is 0 Å². The van der Waals surface area contributed by atoms with Gasteiger partial charge in [0.05, 0.1) is 0 Å². The Morgan fingerprint density at radius 3 is 1.41 bits per heavy atom. The van der Waals surface area contributed by atoms with Gasteiger partial charge in [-0.25, -0.2) is 0 Å². The van der Waals surface area contributed by atoms with Gasteiger partial charge in [0, 0.05) is 5.41 Å². The van der Waals surface area contributed by atoms with Gasteiger partial charge in [-0.2, -0.15) is 0 Å². The predicted octanol–water partition coefficient (Wildman–Crippen LogP) is 5.98. The first-order valence-electron chi connectivity index (χ1n) is 10.0. The van der Waals surface area contributed by atoms with Gasteiger partial charge in [-0.05, 0) is 91.6 Å². The zero-order chi connectivity index (χ0) is 21.3. The Morgan fingerprint density at radius 2 is 1.03 bits per heavy atom. The molecule has 0 bridgehead atoms. The minimum Gasteiger partial charge on any atom is -0.508 e. The van der Waals surface area contributed by atoms with E-state index >= 15 is 0 Å². The van der Waals surface area contributed by atoms with Crippen molar-refractivity contribution in [2.75, 3.05) is 0 Å². The molecule has 0 aliphatic carbocycles. The topological polar surface area (TPSA) is 60.7 Å². The highest BCUT2D eigenvalue weighted by Crippen LogP contribution is 2.41. The monoisotopic (exact) mass is 390 g/mol. The zero-order valence-corrected chi connectivity index (χ0v) is 17.9. The van der Waals surface area contributed by atoms with Crippen LogP contribution in [0.3, 0.4) is 0 Å². The molecule has 3 aromatic rings. The highest BCUT2D eigenvalue weighted by atomic mass is 16.3. The fraction of sp³-hybridized carbons (Fsp3) is 0.308. The van der Waals surface area contributed by atoms with Crippen LogP contribution in [0, 0.1) is 27.7 Å². The van der Waals surface area contributed by atoms with E-state index in [-0.39, 0.29) is 11.2 Å². The summed E-state index contributed by atoms with van der Waals surface area (Å²) < 4.78 is 0. The molecule has 0 saturated carbocycles. The second-order valence-electron chi connectivity index (χ2n) is 8.42. The number of rotatable bonds is 5. The molecule has 0 unspecified atom stereocenters. The molecule has 0 saturated heterocycles. The van der Waals surface area contributed by atoms with Crippen molar-refractivity contribution in [3.8, 4) is 17.2 Å². The third-order valence-electron chi connectivity index (χ3n) is 6.11. The lowest BCUT2D eigenvalue weighted by molar-refractivity contribution is 0.461. The Hall–Kier alpha value is -2.94. The summed E-state index contributed by atoms with van der Waals surface area (Å²) >= 11 is 0. The quantitative estimate of drug-likeness (QED) is 0.502. The molecule has 0 aromatic heterocycles. The lowest BCUT2D eigenvalue weighted by Gasteiger charge is -2.33. The van der Waals surface area contributed by atoms with E-state index < -0.39 is 0 Å². The number of aryl methyl sites for hydroxylation is 5. The first kappa shape index (κ1) is 20.8. The maximum atomic E-state index is 10.3. The van der Waals surface area contributed by atoms with E-state index in [0.29, 0.717) is 11.5 Å². The summed E-state index contributed by atoms with van der Waals surface area (Å²) in [5, 5.41) is 30.1. The van der Waals surface area contributed by atoms with Crippen molar-refractivity contribution in [2.45, 2.75) is 52.9 Å². The van der Waals surface area contributed by atoms with Crippen molar-refractivity contribution in [3.63, 3.8) is 0 Å². The SMILES string of the molecule is Cc1cc(C(C)(CCc2ccc(O)cc2)c2cc(C)c(O)c(C)c2)cc(C)c1O. The number of benzene rings is 3. The second kappa shape index (κ2) is 7.82.